The third-order valence-electron chi connectivity index (χ3n) is 1.68. The number of rotatable bonds is 2. The van der Waals surface area contributed by atoms with Crippen molar-refractivity contribution in [1.82, 2.24) is 21.9 Å². The summed E-state index contributed by atoms with van der Waals surface area (Å²) in [6.45, 7) is 0. The van der Waals surface area contributed by atoms with E-state index in [0.29, 0.717) is 5.56 Å². The van der Waals surface area contributed by atoms with Crippen LogP contribution in [0.25, 0.3) is 5.53 Å². The van der Waals surface area contributed by atoms with Gasteiger partial charge in [-0.15, -0.1) is 0 Å². The fourth-order valence-corrected chi connectivity index (χ4v) is 1.07. The summed E-state index contributed by atoms with van der Waals surface area (Å²) in [6, 6.07) is 9.08. The van der Waals surface area contributed by atoms with Crippen LogP contribution in [0.3, 0.4) is 0 Å². The third-order valence-corrected chi connectivity index (χ3v) is 1.68. The van der Waals surface area contributed by atoms with Gasteiger partial charge in [0.05, 0.1) is 5.56 Å². The highest BCUT2D eigenvalue weighted by atomic mass is 15.8. The second kappa shape index (κ2) is 4.10. The van der Waals surface area contributed by atoms with Crippen molar-refractivity contribution in [3.8, 4) is 0 Å². The van der Waals surface area contributed by atoms with Crippen molar-refractivity contribution in [2.24, 2.45) is 0 Å². The minimum Gasteiger partial charge on any atom is -0.361 e. The van der Waals surface area contributed by atoms with Gasteiger partial charge in [-0.05, 0) is 23.2 Å². The second-order valence-corrected chi connectivity index (χ2v) is 2.52. The van der Waals surface area contributed by atoms with E-state index in [1.807, 2.05) is 18.2 Å². The Hall–Kier alpha value is -1.56. The highest BCUT2D eigenvalue weighted by Crippen LogP contribution is 2.08. The molecule has 0 saturated carbocycles. The molecule has 0 amide bonds. The van der Waals surface area contributed by atoms with E-state index in [0.717, 1.165) is 0 Å². The maximum Gasteiger partial charge on any atom is 0.344 e. The second-order valence-electron chi connectivity index (χ2n) is 2.52. The van der Waals surface area contributed by atoms with Crippen molar-refractivity contribution in [1.29, 1.82) is 0 Å². The summed E-state index contributed by atoms with van der Waals surface area (Å²) in [5, 5.41) is 0. The molecular formula is C8H5N6. The van der Waals surface area contributed by atoms with Crippen molar-refractivity contribution in [2.45, 2.75) is 0 Å². The maximum atomic E-state index is 8.80. The molecule has 0 aromatic heterocycles. The predicted octanol–water partition coefficient (Wildman–Crippen LogP) is -0.629. The summed E-state index contributed by atoms with van der Waals surface area (Å²) in [6.07, 6.45) is 0.207. The topological polar surface area (TPSA) is 92.8 Å². The molecule has 2 rings (SSSR count). The van der Waals surface area contributed by atoms with E-state index in [1.54, 1.807) is 12.1 Å². The average Bonchev–Trinajstić information content (AvgIpc) is 2.74. The molecule has 67 valence electrons. The molecule has 0 atom stereocenters. The van der Waals surface area contributed by atoms with Crippen LogP contribution < -0.4 is 21.9 Å². The van der Waals surface area contributed by atoms with Crippen molar-refractivity contribution < 1.29 is 4.79 Å². The van der Waals surface area contributed by atoms with E-state index in [4.69, 9.17) is 5.53 Å². The first-order valence-corrected chi connectivity index (χ1v) is 3.88. The van der Waals surface area contributed by atoms with Crippen LogP contribution in [0.4, 0.5) is 0 Å². The minimum atomic E-state index is 0.207. The van der Waals surface area contributed by atoms with Gasteiger partial charge in [0, 0.05) is 0 Å². The molecule has 0 aliphatic carbocycles. The standard InChI is InChI=1S/C8H5N6/c9-10-7(8-11-13-14-12-8)6-4-2-1-3-5-6/h1-5H. The zero-order chi connectivity index (χ0) is 9.80. The predicted molar refractivity (Wildman–Crippen MR) is 45.9 cm³/mol. The Balaban J connectivity index is 2.27. The van der Waals surface area contributed by atoms with Gasteiger partial charge >= 0.3 is 5.71 Å². The molecule has 0 bridgehead atoms. The molecule has 1 saturated heterocycles. The summed E-state index contributed by atoms with van der Waals surface area (Å²) >= 11 is 0. The monoisotopic (exact) mass is 185 g/mol. The van der Waals surface area contributed by atoms with Gasteiger partial charge in [0.25, 0.3) is 6.17 Å². The van der Waals surface area contributed by atoms with Gasteiger partial charge < -0.3 is 5.53 Å². The summed E-state index contributed by atoms with van der Waals surface area (Å²) in [5.74, 6) is 0. The normalized spacial score (nSPS) is 16.6. The van der Waals surface area contributed by atoms with E-state index >= 15 is 0 Å². The highest BCUT2D eigenvalue weighted by molar-refractivity contribution is 6.05. The largest absolute Gasteiger partial charge is 0.361 e. The molecule has 1 aromatic carbocycles. The first-order valence-electron chi connectivity index (χ1n) is 3.88. The Morgan fingerprint density at radius 3 is 2.29 bits per heavy atom. The van der Waals surface area contributed by atoms with Gasteiger partial charge in [0.2, 0.25) is 0 Å². The Morgan fingerprint density at radius 2 is 1.71 bits per heavy atom. The van der Waals surface area contributed by atoms with Gasteiger partial charge in [0.1, 0.15) is 0 Å². The lowest BCUT2D eigenvalue weighted by Crippen LogP contribution is -2.25. The molecule has 0 spiro atoms. The van der Waals surface area contributed by atoms with E-state index in [1.165, 1.54) is 0 Å². The van der Waals surface area contributed by atoms with Crippen molar-refractivity contribution in [2.75, 3.05) is 0 Å². The maximum absolute atomic E-state index is 8.80. The van der Waals surface area contributed by atoms with Crippen LogP contribution in [-0.2, 0) is 0 Å². The quantitative estimate of drug-likeness (QED) is 0.333. The Labute approximate surface area is 80.8 Å². The zero-order valence-electron chi connectivity index (χ0n) is 7.07. The van der Waals surface area contributed by atoms with E-state index < -0.39 is 0 Å². The van der Waals surface area contributed by atoms with E-state index in [2.05, 4.69) is 26.7 Å². The Bertz CT molecular complexity index is 349. The molecule has 5 radical (unpaired) electrons. The molecule has 1 aliphatic rings. The summed E-state index contributed by atoms with van der Waals surface area (Å²) < 4.78 is 0. The van der Waals surface area contributed by atoms with Crippen LogP contribution in [0.1, 0.15) is 5.56 Å². The zero-order valence-corrected chi connectivity index (χ0v) is 7.07. The summed E-state index contributed by atoms with van der Waals surface area (Å²) in [5.41, 5.74) is 23.6. The molecule has 6 nitrogen and oxygen atoms in total. The first kappa shape index (κ1) is 9.01. The van der Waals surface area contributed by atoms with Gasteiger partial charge in [-0.2, -0.15) is 4.79 Å². The molecule has 1 heterocycles. The van der Waals surface area contributed by atoms with Gasteiger partial charge in [-0.3, -0.25) is 0 Å². The molecule has 1 aliphatic heterocycles. The number of hydrogen-bond acceptors (Lipinski definition) is 0. The molecule has 1 aromatic rings. The van der Waals surface area contributed by atoms with Crippen LogP contribution in [0.15, 0.2) is 30.3 Å². The molecule has 6 heteroatoms. The van der Waals surface area contributed by atoms with Crippen LogP contribution in [0.5, 0.6) is 0 Å². The van der Waals surface area contributed by atoms with Crippen molar-refractivity contribution in [3.63, 3.8) is 0 Å². The van der Waals surface area contributed by atoms with Crippen molar-refractivity contribution >= 4 is 5.71 Å². The Morgan fingerprint density at radius 1 is 1.07 bits per heavy atom. The van der Waals surface area contributed by atoms with Crippen LogP contribution in [0.2, 0.25) is 0 Å². The van der Waals surface area contributed by atoms with Gasteiger partial charge in [0.15, 0.2) is 0 Å². The first-order chi connectivity index (χ1) is 6.92. The highest BCUT2D eigenvalue weighted by Gasteiger charge is 2.34. The summed E-state index contributed by atoms with van der Waals surface area (Å²) in [4.78, 5) is 3.11. The SMILES string of the molecule is [N-]=[N+]=C([C]1[N][N][N][N]1)c1ccccc1. The average molecular weight is 185 g/mol. The number of nitrogens with zero attached hydrogens (tertiary/aromatic N) is 6. The molecular weight excluding hydrogens is 180 g/mol. The summed E-state index contributed by atoms with van der Waals surface area (Å²) in [7, 11) is 0. The molecule has 14 heavy (non-hydrogen) atoms. The third kappa shape index (κ3) is 1.69. The van der Waals surface area contributed by atoms with Crippen LogP contribution >= 0.6 is 0 Å². The lowest BCUT2D eigenvalue weighted by molar-refractivity contribution is -0.00634. The molecule has 0 N–H and O–H groups in total. The number of hydrogen-bond donors (Lipinski definition) is 0. The fourth-order valence-electron chi connectivity index (χ4n) is 1.07. The van der Waals surface area contributed by atoms with E-state index in [9.17, 15) is 0 Å². The van der Waals surface area contributed by atoms with Gasteiger partial charge in [-0.25, -0.2) is 0 Å². The van der Waals surface area contributed by atoms with Crippen LogP contribution in [-0.4, -0.2) is 10.5 Å². The molecule has 0 unspecified atom stereocenters. The lowest BCUT2D eigenvalue weighted by Gasteiger charge is -1.97. The minimum absolute atomic E-state index is 0.207. The van der Waals surface area contributed by atoms with Gasteiger partial charge in [-0.1, -0.05) is 29.1 Å². The van der Waals surface area contributed by atoms with Crippen molar-refractivity contribution in [3.05, 3.63) is 47.6 Å². The van der Waals surface area contributed by atoms with E-state index in [-0.39, 0.29) is 11.9 Å². The van der Waals surface area contributed by atoms with Crippen LogP contribution in [0, 0.1) is 6.17 Å². The molecule has 1 fully saturated rings. The fraction of sp³-hybridized carbons (Fsp3) is 0. The Kier molecular flexibility index (Phi) is 2.64. The lowest BCUT2D eigenvalue weighted by atomic mass is 10.1. The smallest absolute Gasteiger partial charge is 0.344 e. The number of benzene rings is 1.